The van der Waals surface area contributed by atoms with Gasteiger partial charge in [0.25, 0.3) is 0 Å². The van der Waals surface area contributed by atoms with Gasteiger partial charge >= 0.3 is 0 Å². The predicted molar refractivity (Wildman–Crippen MR) is 62.7 cm³/mol. The van der Waals surface area contributed by atoms with Gasteiger partial charge in [0.1, 0.15) is 18.3 Å². The van der Waals surface area contributed by atoms with Gasteiger partial charge in [0.2, 0.25) is 0 Å². The summed E-state index contributed by atoms with van der Waals surface area (Å²) in [5.41, 5.74) is 0.872. The van der Waals surface area contributed by atoms with E-state index in [1.54, 1.807) is 0 Å². The zero-order chi connectivity index (χ0) is 13.1. The summed E-state index contributed by atoms with van der Waals surface area (Å²) >= 11 is 0. The minimum absolute atomic E-state index is 0.145. The number of rotatable bonds is 1. The van der Waals surface area contributed by atoms with Crippen LogP contribution in [0.5, 0.6) is 0 Å². The Morgan fingerprint density at radius 1 is 1.00 bits per heavy atom. The van der Waals surface area contributed by atoms with Crippen LogP contribution in [0.4, 0.5) is 0 Å². The summed E-state index contributed by atoms with van der Waals surface area (Å²) in [5.74, 6) is -1.18. The van der Waals surface area contributed by atoms with E-state index in [9.17, 15) is 0 Å². The quantitative estimate of drug-likeness (QED) is 0.666. The fraction of sp³-hybridized carbons (Fsp3) is 0.846. The highest BCUT2D eigenvalue weighted by Crippen LogP contribution is 2.42. The third-order valence-corrected chi connectivity index (χ3v) is 3.44. The van der Waals surface area contributed by atoms with Crippen molar-refractivity contribution >= 4 is 0 Å². The molecule has 0 aromatic carbocycles. The van der Waals surface area contributed by atoms with Gasteiger partial charge in [-0.25, -0.2) is 0 Å². The second-order valence-electron chi connectivity index (χ2n) is 5.92. The summed E-state index contributed by atoms with van der Waals surface area (Å²) in [4.78, 5) is 0. The molecule has 0 aromatic rings. The Balaban J connectivity index is 1.70. The molecule has 3 aliphatic rings. The van der Waals surface area contributed by atoms with Crippen LogP contribution in [0.2, 0.25) is 0 Å². The Hall–Kier alpha value is -0.460. The molecule has 4 atom stereocenters. The molecule has 0 N–H and O–H groups in total. The molecule has 3 rings (SSSR count). The minimum atomic E-state index is -0.616. The van der Waals surface area contributed by atoms with Gasteiger partial charge in [-0.2, -0.15) is 0 Å². The van der Waals surface area contributed by atoms with E-state index in [0.29, 0.717) is 6.61 Å². The van der Waals surface area contributed by atoms with Crippen LogP contribution < -0.4 is 0 Å². The van der Waals surface area contributed by atoms with E-state index in [1.165, 1.54) is 0 Å². The highest BCUT2D eigenvalue weighted by atomic mass is 16.8. The molecule has 18 heavy (non-hydrogen) atoms. The predicted octanol–water partition coefficient (Wildman–Crippen LogP) is 1.57. The van der Waals surface area contributed by atoms with Crippen LogP contribution in [0.25, 0.3) is 0 Å². The van der Waals surface area contributed by atoms with E-state index in [1.807, 2.05) is 27.7 Å². The van der Waals surface area contributed by atoms with Crippen LogP contribution in [0.15, 0.2) is 12.2 Å². The lowest BCUT2D eigenvalue weighted by atomic mass is 10.0. The van der Waals surface area contributed by atoms with Gasteiger partial charge in [-0.1, -0.05) is 6.58 Å². The normalized spacial score (nSPS) is 45.4. The maximum atomic E-state index is 5.86. The van der Waals surface area contributed by atoms with Crippen molar-refractivity contribution in [1.82, 2.24) is 0 Å². The first-order chi connectivity index (χ1) is 8.27. The molecule has 5 heteroatoms. The maximum absolute atomic E-state index is 5.86. The van der Waals surface area contributed by atoms with Gasteiger partial charge in [0.05, 0.1) is 6.61 Å². The first-order valence-electron chi connectivity index (χ1n) is 6.29. The van der Waals surface area contributed by atoms with Crippen molar-refractivity contribution in [1.29, 1.82) is 0 Å². The maximum Gasteiger partial charge on any atom is 0.191 e. The third kappa shape index (κ3) is 2.00. The molecule has 0 aliphatic carbocycles. The first kappa shape index (κ1) is 12.6. The summed E-state index contributed by atoms with van der Waals surface area (Å²) in [7, 11) is 0. The van der Waals surface area contributed by atoms with Crippen molar-refractivity contribution in [2.75, 3.05) is 6.61 Å². The lowest BCUT2D eigenvalue weighted by Crippen LogP contribution is -2.34. The average Bonchev–Trinajstić information content (AvgIpc) is 2.81. The number of fused-ring (bicyclic) bond motifs is 1. The van der Waals surface area contributed by atoms with E-state index in [0.717, 1.165) is 5.57 Å². The van der Waals surface area contributed by atoms with Gasteiger partial charge < -0.3 is 23.7 Å². The molecule has 3 heterocycles. The van der Waals surface area contributed by atoms with Crippen LogP contribution in [0.1, 0.15) is 27.7 Å². The fourth-order valence-electron chi connectivity index (χ4n) is 2.67. The summed E-state index contributed by atoms with van der Waals surface area (Å²) < 4.78 is 28.7. The van der Waals surface area contributed by atoms with Crippen molar-refractivity contribution in [2.45, 2.75) is 63.9 Å². The molecule has 0 spiro atoms. The van der Waals surface area contributed by atoms with Crippen LogP contribution in [-0.4, -0.2) is 42.8 Å². The summed E-state index contributed by atoms with van der Waals surface area (Å²) in [5, 5.41) is 0. The van der Waals surface area contributed by atoms with Crippen molar-refractivity contribution in [3.05, 3.63) is 12.2 Å². The van der Waals surface area contributed by atoms with Crippen molar-refractivity contribution in [3.8, 4) is 0 Å². The van der Waals surface area contributed by atoms with E-state index in [4.69, 9.17) is 23.7 Å². The third-order valence-electron chi connectivity index (χ3n) is 3.44. The Morgan fingerprint density at radius 3 is 2.28 bits per heavy atom. The minimum Gasteiger partial charge on any atom is -0.348 e. The van der Waals surface area contributed by atoms with Gasteiger partial charge in [-0.15, -0.1) is 0 Å². The number of ether oxygens (including phenoxy) is 5. The van der Waals surface area contributed by atoms with Crippen molar-refractivity contribution in [3.63, 3.8) is 0 Å². The summed E-state index contributed by atoms with van der Waals surface area (Å²) in [6, 6.07) is 0. The van der Waals surface area contributed by atoms with Crippen LogP contribution in [0.3, 0.4) is 0 Å². The monoisotopic (exact) mass is 256 g/mol. The summed E-state index contributed by atoms with van der Waals surface area (Å²) in [6.07, 6.45) is -0.964. The van der Waals surface area contributed by atoms with Gasteiger partial charge in [0.15, 0.2) is 17.9 Å². The molecule has 0 bridgehead atoms. The Morgan fingerprint density at radius 2 is 1.72 bits per heavy atom. The van der Waals surface area contributed by atoms with E-state index in [-0.39, 0.29) is 24.6 Å². The lowest BCUT2D eigenvalue weighted by molar-refractivity contribution is -0.215. The molecular formula is C13H20O5. The van der Waals surface area contributed by atoms with Crippen LogP contribution >= 0.6 is 0 Å². The molecule has 0 aromatic heterocycles. The van der Waals surface area contributed by atoms with E-state index < -0.39 is 11.6 Å². The summed E-state index contributed by atoms with van der Waals surface area (Å²) in [6.45, 7) is 12.1. The van der Waals surface area contributed by atoms with Gasteiger partial charge in [-0.05, 0) is 33.3 Å². The molecule has 3 aliphatic heterocycles. The topological polar surface area (TPSA) is 46.2 Å². The highest BCUT2D eigenvalue weighted by Gasteiger charge is 2.54. The zero-order valence-electron chi connectivity index (χ0n) is 11.3. The standard InChI is InChI=1S/C13H20O5/c1-7-9(8-6-14-12(2,3)16-8)15-11-10(7)17-13(4,5)18-11/h8-11H,1,6H2,2-5H3/t8?,9-,10+,11?/m0/s1. The molecule has 5 nitrogen and oxygen atoms in total. The van der Waals surface area contributed by atoms with Crippen molar-refractivity contribution in [2.24, 2.45) is 0 Å². The first-order valence-corrected chi connectivity index (χ1v) is 6.29. The molecule has 102 valence electrons. The van der Waals surface area contributed by atoms with Crippen molar-refractivity contribution < 1.29 is 23.7 Å². The molecular weight excluding hydrogens is 236 g/mol. The van der Waals surface area contributed by atoms with Gasteiger partial charge in [-0.3, -0.25) is 0 Å². The lowest BCUT2D eigenvalue weighted by Gasteiger charge is -2.24. The molecule has 0 radical (unpaired) electrons. The molecule has 0 saturated carbocycles. The molecule has 2 unspecified atom stereocenters. The molecule has 3 saturated heterocycles. The SMILES string of the molecule is C=C1[C@H]2OC(C)(C)OC2O[C@@H]1C1COC(C)(C)O1. The molecule has 3 fully saturated rings. The smallest absolute Gasteiger partial charge is 0.191 e. The second-order valence-corrected chi connectivity index (χ2v) is 5.92. The Labute approximate surface area is 107 Å². The van der Waals surface area contributed by atoms with E-state index in [2.05, 4.69) is 6.58 Å². The highest BCUT2D eigenvalue weighted by molar-refractivity contribution is 5.20. The Bertz CT molecular complexity index is 376. The largest absolute Gasteiger partial charge is 0.348 e. The van der Waals surface area contributed by atoms with Crippen LogP contribution in [-0.2, 0) is 23.7 Å². The zero-order valence-corrected chi connectivity index (χ0v) is 11.3. The fourth-order valence-corrected chi connectivity index (χ4v) is 2.67. The number of hydrogen-bond acceptors (Lipinski definition) is 5. The Kier molecular flexibility index (Phi) is 2.63. The van der Waals surface area contributed by atoms with Gasteiger partial charge in [0, 0.05) is 0 Å². The number of hydrogen-bond donors (Lipinski definition) is 0. The second kappa shape index (κ2) is 3.77. The van der Waals surface area contributed by atoms with Crippen LogP contribution in [0, 0.1) is 0 Å². The average molecular weight is 256 g/mol. The van der Waals surface area contributed by atoms with E-state index >= 15 is 0 Å². The molecule has 0 amide bonds.